The molecule has 2 heteroatoms. The van der Waals surface area contributed by atoms with Crippen molar-refractivity contribution in [3.63, 3.8) is 0 Å². The average molecular weight is 191 g/mol. The molecule has 0 bridgehead atoms. The maximum Gasteiger partial charge on any atom is 0.123 e. The normalized spacial score (nSPS) is 10.2. The van der Waals surface area contributed by atoms with E-state index >= 15 is 0 Å². The Morgan fingerprint density at radius 2 is 2.21 bits per heavy atom. The van der Waals surface area contributed by atoms with Gasteiger partial charge in [0.1, 0.15) is 5.82 Å². The third kappa shape index (κ3) is 2.86. The highest BCUT2D eigenvalue weighted by Crippen LogP contribution is 2.10. The molecular formula is C12H14FN. The molecule has 0 aliphatic rings. The van der Waals surface area contributed by atoms with Crippen LogP contribution in [0.15, 0.2) is 18.2 Å². The molecule has 14 heavy (non-hydrogen) atoms. The first-order chi connectivity index (χ1) is 6.63. The Labute approximate surface area is 84.3 Å². The molecule has 1 N–H and O–H groups in total. The molecule has 0 fully saturated rings. The summed E-state index contributed by atoms with van der Waals surface area (Å²) in [7, 11) is 0. The van der Waals surface area contributed by atoms with Crippen molar-refractivity contribution in [2.75, 3.05) is 0 Å². The molecule has 0 aliphatic carbocycles. The predicted octanol–water partition coefficient (Wildman–Crippen LogP) is 2.31. The van der Waals surface area contributed by atoms with Crippen LogP contribution in [0.5, 0.6) is 0 Å². The Morgan fingerprint density at radius 3 is 2.79 bits per heavy atom. The molecule has 0 spiro atoms. The van der Waals surface area contributed by atoms with Crippen molar-refractivity contribution in [1.82, 2.24) is 5.32 Å². The number of halogens is 1. The van der Waals surface area contributed by atoms with E-state index in [1.807, 2.05) is 13.8 Å². The first-order valence-corrected chi connectivity index (χ1v) is 4.62. The number of hydrogen-bond acceptors (Lipinski definition) is 1. The summed E-state index contributed by atoms with van der Waals surface area (Å²) in [5, 5.41) is 3.20. The summed E-state index contributed by atoms with van der Waals surface area (Å²) in [4.78, 5) is 0. The van der Waals surface area contributed by atoms with Crippen molar-refractivity contribution >= 4 is 0 Å². The molecule has 0 unspecified atom stereocenters. The zero-order valence-electron chi connectivity index (χ0n) is 8.47. The summed E-state index contributed by atoms with van der Waals surface area (Å²) in [6, 6.07) is 4.86. The van der Waals surface area contributed by atoms with Crippen molar-refractivity contribution in [2.24, 2.45) is 0 Å². The minimum atomic E-state index is -0.246. The molecule has 0 radical (unpaired) electrons. The monoisotopic (exact) mass is 191 g/mol. The molecule has 1 aromatic carbocycles. The standard InChI is InChI=1S/C12H14FN/c1-4-10-5-6-12(13)7-11(10)8-14-9(2)3/h1,5-7,9,14H,8H2,2-3H3. The molecule has 1 aromatic rings. The zero-order valence-corrected chi connectivity index (χ0v) is 8.47. The van der Waals surface area contributed by atoms with Gasteiger partial charge >= 0.3 is 0 Å². The van der Waals surface area contributed by atoms with Crippen molar-refractivity contribution in [3.05, 3.63) is 35.1 Å². The molecule has 1 rings (SSSR count). The summed E-state index contributed by atoms with van der Waals surface area (Å²) in [6.07, 6.45) is 5.31. The fourth-order valence-electron chi connectivity index (χ4n) is 1.16. The second kappa shape index (κ2) is 4.78. The molecule has 74 valence electrons. The highest BCUT2D eigenvalue weighted by molar-refractivity contribution is 5.40. The van der Waals surface area contributed by atoms with Crippen LogP contribution >= 0.6 is 0 Å². The summed E-state index contributed by atoms with van der Waals surface area (Å²) in [5.74, 6) is 2.29. The van der Waals surface area contributed by atoms with Gasteiger partial charge in [0.15, 0.2) is 0 Å². The lowest BCUT2D eigenvalue weighted by Gasteiger charge is -2.09. The van der Waals surface area contributed by atoms with Gasteiger partial charge in [-0.2, -0.15) is 0 Å². The molecule has 0 aromatic heterocycles. The van der Waals surface area contributed by atoms with Crippen molar-refractivity contribution < 1.29 is 4.39 Å². The first kappa shape index (κ1) is 10.7. The van der Waals surface area contributed by atoms with Crippen LogP contribution in [-0.4, -0.2) is 6.04 Å². The summed E-state index contributed by atoms with van der Waals surface area (Å²) < 4.78 is 12.9. The van der Waals surface area contributed by atoms with Gasteiger partial charge in [-0.3, -0.25) is 0 Å². The molecule has 0 amide bonds. The van der Waals surface area contributed by atoms with E-state index in [0.29, 0.717) is 12.6 Å². The number of nitrogens with one attached hydrogen (secondary N) is 1. The van der Waals surface area contributed by atoms with Crippen LogP contribution in [0, 0.1) is 18.2 Å². The molecule has 0 aliphatic heterocycles. The largest absolute Gasteiger partial charge is 0.310 e. The van der Waals surface area contributed by atoms with Gasteiger partial charge in [-0.1, -0.05) is 19.8 Å². The van der Waals surface area contributed by atoms with Crippen LogP contribution in [0.1, 0.15) is 25.0 Å². The van der Waals surface area contributed by atoms with Crippen LogP contribution < -0.4 is 5.32 Å². The van der Waals surface area contributed by atoms with Gasteiger partial charge in [0.2, 0.25) is 0 Å². The Balaban J connectivity index is 2.84. The Morgan fingerprint density at radius 1 is 1.50 bits per heavy atom. The van der Waals surface area contributed by atoms with Gasteiger partial charge in [-0.25, -0.2) is 4.39 Å². The van der Waals surface area contributed by atoms with Crippen LogP contribution in [0.4, 0.5) is 4.39 Å². The van der Waals surface area contributed by atoms with E-state index in [1.165, 1.54) is 12.1 Å². The zero-order chi connectivity index (χ0) is 10.6. The highest BCUT2D eigenvalue weighted by atomic mass is 19.1. The molecular weight excluding hydrogens is 177 g/mol. The van der Waals surface area contributed by atoms with Gasteiger partial charge in [-0.15, -0.1) is 6.42 Å². The van der Waals surface area contributed by atoms with Crippen LogP contribution in [0.2, 0.25) is 0 Å². The Bertz CT molecular complexity index is 350. The van der Waals surface area contributed by atoms with Crippen LogP contribution in [-0.2, 0) is 6.54 Å². The second-order valence-corrected chi connectivity index (χ2v) is 3.48. The number of rotatable bonds is 3. The van der Waals surface area contributed by atoms with E-state index in [1.54, 1.807) is 6.07 Å². The minimum absolute atomic E-state index is 0.246. The maximum atomic E-state index is 12.9. The molecule has 0 heterocycles. The maximum absolute atomic E-state index is 12.9. The molecule has 0 saturated heterocycles. The minimum Gasteiger partial charge on any atom is -0.310 e. The van der Waals surface area contributed by atoms with Gasteiger partial charge in [-0.05, 0) is 23.8 Å². The van der Waals surface area contributed by atoms with Crippen LogP contribution in [0.25, 0.3) is 0 Å². The fourth-order valence-corrected chi connectivity index (χ4v) is 1.16. The molecule has 1 nitrogen and oxygen atoms in total. The van der Waals surface area contributed by atoms with Gasteiger partial charge in [0.05, 0.1) is 0 Å². The number of benzene rings is 1. The lowest BCUT2D eigenvalue weighted by Crippen LogP contribution is -2.22. The third-order valence-electron chi connectivity index (χ3n) is 1.92. The summed E-state index contributed by atoms with van der Waals surface area (Å²) >= 11 is 0. The van der Waals surface area contributed by atoms with Gasteiger partial charge in [0, 0.05) is 18.2 Å². The topological polar surface area (TPSA) is 12.0 Å². The Hall–Kier alpha value is -1.33. The van der Waals surface area contributed by atoms with E-state index in [-0.39, 0.29) is 5.82 Å². The molecule has 0 saturated carbocycles. The number of terminal acetylenes is 1. The first-order valence-electron chi connectivity index (χ1n) is 4.62. The quantitative estimate of drug-likeness (QED) is 0.723. The third-order valence-corrected chi connectivity index (χ3v) is 1.92. The van der Waals surface area contributed by atoms with E-state index in [9.17, 15) is 4.39 Å². The van der Waals surface area contributed by atoms with E-state index in [4.69, 9.17) is 6.42 Å². The summed E-state index contributed by atoms with van der Waals surface area (Å²) in [5.41, 5.74) is 1.58. The van der Waals surface area contributed by atoms with Crippen LogP contribution in [0.3, 0.4) is 0 Å². The number of hydrogen-bond donors (Lipinski definition) is 1. The Kier molecular flexibility index (Phi) is 3.67. The SMILES string of the molecule is C#Cc1ccc(F)cc1CNC(C)C. The lowest BCUT2D eigenvalue weighted by atomic mass is 10.1. The highest BCUT2D eigenvalue weighted by Gasteiger charge is 2.02. The molecule has 0 atom stereocenters. The fraction of sp³-hybridized carbons (Fsp3) is 0.333. The van der Waals surface area contributed by atoms with Crippen molar-refractivity contribution in [3.8, 4) is 12.3 Å². The van der Waals surface area contributed by atoms with E-state index < -0.39 is 0 Å². The smallest absolute Gasteiger partial charge is 0.123 e. The second-order valence-electron chi connectivity index (χ2n) is 3.48. The van der Waals surface area contributed by atoms with E-state index in [2.05, 4.69) is 11.2 Å². The average Bonchev–Trinajstić information content (AvgIpc) is 2.15. The summed E-state index contributed by atoms with van der Waals surface area (Å²) in [6.45, 7) is 4.68. The van der Waals surface area contributed by atoms with Gasteiger partial charge < -0.3 is 5.32 Å². The van der Waals surface area contributed by atoms with E-state index in [0.717, 1.165) is 11.1 Å². The van der Waals surface area contributed by atoms with Crippen molar-refractivity contribution in [1.29, 1.82) is 0 Å². The predicted molar refractivity (Wildman–Crippen MR) is 56.3 cm³/mol. The lowest BCUT2D eigenvalue weighted by molar-refractivity contribution is 0.581. The van der Waals surface area contributed by atoms with Gasteiger partial charge in [0.25, 0.3) is 0 Å². The van der Waals surface area contributed by atoms with Crippen molar-refractivity contribution in [2.45, 2.75) is 26.4 Å².